The van der Waals surface area contributed by atoms with Crippen molar-refractivity contribution in [3.63, 3.8) is 0 Å². The van der Waals surface area contributed by atoms with Crippen LogP contribution in [-0.2, 0) is 20.9 Å². The van der Waals surface area contributed by atoms with Gasteiger partial charge in [0.15, 0.2) is 6.61 Å². The lowest BCUT2D eigenvalue weighted by Crippen LogP contribution is -2.36. The van der Waals surface area contributed by atoms with Gasteiger partial charge in [0.2, 0.25) is 0 Å². The number of carbonyl (C=O) groups excluding carboxylic acids is 2. The second-order valence-corrected chi connectivity index (χ2v) is 8.45. The van der Waals surface area contributed by atoms with E-state index in [2.05, 4.69) is 36.3 Å². The van der Waals surface area contributed by atoms with Gasteiger partial charge in [-0.05, 0) is 57.6 Å². The Kier molecular flexibility index (Phi) is 7.66. The molecule has 2 aromatic rings. The van der Waals surface area contributed by atoms with Crippen molar-refractivity contribution in [1.29, 1.82) is 0 Å². The summed E-state index contributed by atoms with van der Waals surface area (Å²) in [5.41, 5.74) is 5.13. The Morgan fingerprint density at radius 3 is 2.55 bits per heavy atom. The number of amides is 1. The van der Waals surface area contributed by atoms with Crippen molar-refractivity contribution in [2.75, 3.05) is 19.7 Å². The van der Waals surface area contributed by atoms with Crippen molar-refractivity contribution >= 4 is 18.0 Å². The van der Waals surface area contributed by atoms with E-state index < -0.39 is 5.97 Å². The number of hydrogen-bond donors (Lipinski definition) is 0. The summed E-state index contributed by atoms with van der Waals surface area (Å²) in [6.07, 6.45) is 6.38. The normalized spacial score (nSPS) is 13.5. The number of carbonyl (C=O) groups is 2. The Balaban J connectivity index is 1.56. The minimum Gasteiger partial charge on any atom is -0.452 e. The van der Waals surface area contributed by atoms with Gasteiger partial charge in [-0.2, -0.15) is 5.10 Å². The molecule has 0 aliphatic heterocycles. The molecule has 0 radical (unpaired) electrons. The Morgan fingerprint density at radius 2 is 1.90 bits per heavy atom. The highest BCUT2D eigenvalue weighted by molar-refractivity contribution is 5.89. The zero-order valence-electron chi connectivity index (χ0n) is 19.1. The molecule has 31 heavy (non-hydrogen) atoms. The highest BCUT2D eigenvalue weighted by Crippen LogP contribution is 2.29. The number of aromatic nitrogens is 2. The molecule has 1 amide bonds. The largest absolute Gasteiger partial charge is 0.452 e. The molecule has 0 unspecified atom stereocenters. The summed E-state index contributed by atoms with van der Waals surface area (Å²) in [5.74, 6) is -0.0106. The van der Waals surface area contributed by atoms with Crippen molar-refractivity contribution < 1.29 is 14.3 Å². The maximum absolute atomic E-state index is 12.4. The summed E-state index contributed by atoms with van der Waals surface area (Å²) in [7, 11) is 0. The highest BCUT2D eigenvalue weighted by Gasteiger charge is 2.26. The summed E-state index contributed by atoms with van der Waals surface area (Å²) >= 11 is 0. The molecule has 166 valence electrons. The van der Waals surface area contributed by atoms with Crippen LogP contribution in [0.5, 0.6) is 0 Å². The third-order valence-electron chi connectivity index (χ3n) is 5.64. The second-order valence-electron chi connectivity index (χ2n) is 8.45. The molecule has 1 aromatic carbocycles. The first-order chi connectivity index (χ1) is 14.9. The van der Waals surface area contributed by atoms with Crippen LogP contribution < -0.4 is 0 Å². The zero-order valence-corrected chi connectivity index (χ0v) is 19.1. The standard InChI is InChI=1S/C25H33N3O3/c1-5-14-27(15-21-10-11-21)24(29)17-31-25(30)13-12-23-19(3)26-28(20(23)4)16-22-8-6-18(2)7-9-22/h6-9,12-13,21H,5,10-11,14-17H2,1-4H3/b13-12+. The minimum atomic E-state index is -0.513. The molecule has 0 bridgehead atoms. The van der Waals surface area contributed by atoms with Crippen LogP contribution in [0, 0.1) is 26.7 Å². The SMILES string of the molecule is CCCN(CC1CC1)C(=O)COC(=O)/C=C/c1c(C)nn(Cc2ccc(C)cc2)c1C. The quantitative estimate of drug-likeness (QED) is 0.427. The van der Waals surface area contributed by atoms with Gasteiger partial charge in [-0.3, -0.25) is 9.48 Å². The molecule has 3 rings (SSSR count). The Morgan fingerprint density at radius 1 is 1.19 bits per heavy atom. The van der Waals surface area contributed by atoms with E-state index in [0.29, 0.717) is 19.0 Å². The van der Waals surface area contributed by atoms with Crippen LogP contribution in [0.3, 0.4) is 0 Å². The first-order valence-electron chi connectivity index (χ1n) is 11.1. The van der Waals surface area contributed by atoms with Gasteiger partial charge in [0, 0.05) is 30.4 Å². The predicted octanol–water partition coefficient (Wildman–Crippen LogP) is 4.06. The number of nitrogens with zero attached hydrogens (tertiary/aromatic N) is 3. The van der Waals surface area contributed by atoms with Gasteiger partial charge in [-0.15, -0.1) is 0 Å². The summed E-state index contributed by atoms with van der Waals surface area (Å²) in [6, 6.07) is 8.37. The summed E-state index contributed by atoms with van der Waals surface area (Å²) in [4.78, 5) is 26.4. The van der Waals surface area contributed by atoms with Crippen LogP contribution >= 0.6 is 0 Å². The minimum absolute atomic E-state index is 0.117. The average Bonchev–Trinajstić information content (AvgIpc) is 3.52. The zero-order chi connectivity index (χ0) is 22.4. The molecule has 1 aliphatic rings. The van der Waals surface area contributed by atoms with Crippen LogP contribution in [-0.4, -0.2) is 46.3 Å². The molecule has 0 saturated heterocycles. The van der Waals surface area contributed by atoms with Crippen molar-refractivity contribution in [2.45, 2.75) is 53.5 Å². The molecule has 1 heterocycles. The molecule has 6 heteroatoms. The third kappa shape index (κ3) is 6.54. The van der Waals surface area contributed by atoms with Gasteiger partial charge < -0.3 is 9.64 Å². The molecule has 1 fully saturated rings. The van der Waals surface area contributed by atoms with Gasteiger partial charge in [0.05, 0.1) is 12.2 Å². The van der Waals surface area contributed by atoms with Gasteiger partial charge in [0.1, 0.15) is 0 Å². The first kappa shape index (κ1) is 22.8. The van der Waals surface area contributed by atoms with Crippen molar-refractivity contribution in [1.82, 2.24) is 14.7 Å². The van der Waals surface area contributed by atoms with E-state index in [1.165, 1.54) is 30.0 Å². The van der Waals surface area contributed by atoms with Crippen molar-refractivity contribution in [2.24, 2.45) is 5.92 Å². The topological polar surface area (TPSA) is 64.4 Å². The smallest absolute Gasteiger partial charge is 0.331 e. The van der Waals surface area contributed by atoms with Gasteiger partial charge in [-0.1, -0.05) is 36.8 Å². The molecule has 0 spiro atoms. The summed E-state index contributed by atoms with van der Waals surface area (Å²) < 4.78 is 7.14. The lowest BCUT2D eigenvalue weighted by molar-refractivity contribution is -0.148. The van der Waals surface area contributed by atoms with E-state index in [-0.39, 0.29) is 12.5 Å². The lowest BCUT2D eigenvalue weighted by atomic mass is 10.1. The number of benzene rings is 1. The van der Waals surface area contributed by atoms with Crippen LogP contribution in [0.25, 0.3) is 6.08 Å². The lowest BCUT2D eigenvalue weighted by Gasteiger charge is -2.21. The van der Waals surface area contributed by atoms with Crippen LogP contribution in [0.1, 0.15) is 54.3 Å². The maximum atomic E-state index is 12.4. The van der Waals surface area contributed by atoms with E-state index >= 15 is 0 Å². The fourth-order valence-electron chi connectivity index (χ4n) is 3.60. The molecule has 1 saturated carbocycles. The maximum Gasteiger partial charge on any atom is 0.331 e. The van der Waals surface area contributed by atoms with Gasteiger partial charge >= 0.3 is 5.97 Å². The molecular weight excluding hydrogens is 390 g/mol. The van der Waals surface area contributed by atoms with E-state index in [9.17, 15) is 9.59 Å². The van der Waals surface area contributed by atoms with Crippen LogP contribution in [0.4, 0.5) is 0 Å². The number of rotatable bonds is 10. The monoisotopic (exact) mass is 423 g/mol. The van der Waals surface area contributed by atoms with E-state index in [4.69, 9.17) is 4.74 Å². The van der Waals surface area contributed by atoms with E-state index in [0.717, 1.165) is 29.9 Å². The van der Waals surface area contributed by atoms with Crippen LogP contribution in [0.2, 0.25) is 0 Å². The van der Waals surface area contributed by atoms with Crippen molar-refractivity contribution in [3.05, 3.63) is 58.4 Å². The molecule has 6 nitrogen and oxygen atoms in total. The summed E-state index contributed by atoms with van der Waals surface area (Å²) in [6.45, 7) is 9.98. The Bertz CT molecular complexity index is 940. The van der Waals surface area contributed by atoms with Crippen LogP contribution in [0.15, 0.2) is 30.3 Å². The number of esters is 1. The predicted molar refractivity (Wildman–Crippen MR) is 122 cm³/mol. The number of ether oxygens (including phenoxy) is 1. The number of aryl methyl sites for hydroxylation is 2. The second kappa shape index (κ2) is 10.4. The molecule has 1 aromatic heterocycles. The molecule has 1 aliphatic carbocycles. The molecule has 0 atom stereocenters. The van der Waals surface area contributed by atoms with Crippen molar-refractivity contribution in [3.8, 4) is 0 Å². The highest BCUT2D eigenvalue weighted by atomic mass is 16.5. The Labute approximate surface area is 184 Å². The number of hydrogen-bond acceptors (Lipinski definition) is 4. The summed E-state index contributed by atoms with van der Waals surface area (Å²) in [5, 5.41) is 4.61. The van der Waals surface area contributed by atoms with Gasteiger partial charge in [-0.25, -0.2) is 4.79 Å². The molecular formula is C25H33N3O3. The third-order valence-corrected chi connectivity index (χ3v) is 5.64. The van der Waals surface area contributed by atoms with E-state index in [1.54, 1.807) is 6.08 Å². The fourth-order valence-corrected chi connectivity index (χ4v) is 3.60. The molecule has 0 N–H and O–H groups in total. The van der Waals surface area contributed by atoms with Gasteiger partial charge in [0.25, 0.3) is 5.91 Å². The fraction of sp³-hybridized carbons (Fsp3) is 0.480. The Hall–Kier alpha value is -2.89. The first-order valence-corrected chi connectivity index (χ1v) is 11.1. The average molecular weight is 424 g/mol. The van der Waals surface area contributed by atoms with E-state index in [1.807, 2.05) is 30.4 Å².